The second-order valence-electron chi connectivity index (χ2n) is 7.74. The third-order valence-electron chi connectivity index (χ3n) is 5.35. The lowest BCUT2D eigenvalue weighted by Crippen LogP contribution is -2.39. The molecule has 0 radical (unpaired) electrons. The van der Waals surface area contributed by atoms with E-state index >= 15 is 0 Å². The van der Waals surface area contributed by atoms with Crippen LogP contribution in [-0.4, -0.2) is 46.5 Å². The zero-order chi connectivity index (χ0) is 22.1. The third-order valence-corrected chi connectivity index (χ3v) is 5.59. The number of nitrogens with zero attached hydrogens (tertiary/aromatic N) is 1. The average Bonchev–Trinajstić information content (AvgIpc) is 3.29. The van der Waals surface area contributed by atoms with Crippen molar-refractivity contribution in [2.75, 3.05) is 40.5 Å². The molecule has 2 unspecified atom stereocenters. The second kappa shape index (κ2) is 13.9. The van der Waals surface area contributed by atoms with Gasteiger partial charge in [-0.25, -0.2) is 0 Å². The fourth-order valence-electron chi connectivity index (χ4n) is 3.50. The number of aryl methyl sites for hydroxylation is 1. The number of nitrogens with one attached hydrogen (secondary N) is 2. The number of methoxy groups -OCH3 is 1. The van der Waals surface area contributed by atoms with E-state index in [1.165, 1.54) is 5.56 Å². The van der Waals surface area contributed by atoms with E-state index in [0.29, 0.717) is 36.6 Å². The first-order valence-corrected chi connectivity index (χ1v) is 11.0. The van der Waals surface area contributed by atoms with Crippen LogP contribution in [-0.2, 0) is 16.0 Å². The van der Waals surface area contributed by atoms with Crippen LogP contribution in [0, 0.1) is 12.8 Å². The average molecular weight is 574 g/mol. The Hall–Kier alpha value is -1.55. The van der Waals surface area contributed by atoms with Crippen molar-refractivity contribution in [2.24, 2.45) is 10.9 Å². The first-order chi connectivity index (χ1) is 15.1. The summed E-state index contributed by atoms with van der Waals surface area (Å²) in [5.74, 6) is 2.07. The maximum absolute atomic E-state index is 6.14. The van der Waals surface area contributed by atoms with Gasteiger partial charge in [0.2, 0.25) is 0 Å². The number of halogens is 2. The minimum absolute atomic E-state index is 0. The minimum Gasteiger partial charge on any atom is -0.493 e. The predicted molar refractivity (Wildman–Crippen MR) is 140 cm³/mol. The van der Waals surface area contributed by atoms with Gasteiger partial charge in [0.25, 0.3) is 0 Å². The molecule has 1 saturated heterocycles. The number of benzene rings is 2. The molecule has 0 bridgehead atoms. The fourth-order valence-corrected chi connectivity index (χ4v) is 3.70. The van der Waals surface area contributed by atoms with Gasteiger partial charge in [0.05, 0.1) is 19.3 Å². The molecule has 2 atom stereocenters. The number of hydrogen-bond donors (Lipinski definition) is 2. The highest BCUT2D eigenvalue weighted by atomic mass is 127. The van der Waals surface area contributed by atoms with Crippen LogP contribution in [0.25, 0.3) is 0 Å². The second-order valence-corrected chi connectivity index (χ2v) is 8.17. The van der Waals surface area contributed by atoms with Crippen LogP contribution in [0.5, 0.6) is 5.75 Å². The molecule has 0 saturated carbocycles. The molecular formula is C24H33ClIN3O3. The van der Waals surface area contributed by atoms with E-state index in [-0.39, 0.29) is 30.1 Å². The van der Waals surface area contributed by atoms with Crippen LogP contribution in [0.2, 0.25) is 5.02 Å². The highest BCUT2D eigenvalue weighted by molar-refractivity contribution is 14.0. The van der Waals surface area contributed by atoms with E-state index < -0.39 is 0 Å². The third kappa shape index (κ3) is 8.10. The zero-order valence-electron chi connectivity index (χ0n) is 18.9. The molecule has 2 N–H and O–H groups in total. The van der Waals surface area contributed by atoms with Crippen molar-refractivity contribution in [1.29, 1.82) is 0 Å². The van der Waals surface area contributed by atoms with Crippen molar-refractivity contribution in [3.63, 3.8) is 0 Å². The van der Waals surface area contributed by atoms with E-state index in [0.717, 1.165) is 36.5 Å². The minimum atomic E-state index is -0.135. The van der Waals surface area contributed by atoms with E-state index in [2.05, 4.69) is 40.7 Å². The summed E-state index contributed by atoms with van der Waals surface area (Å²) in [5.41, 5.74) is 3.28. The molecule has 0 aliphatic carbocycles. The molecule has 3 rings (SSSR count). The first kappa shape index (κ1) is 26.7. The normalized spacial score (nSPS) is 16.9. The van der Waals surface area contributed by atoms with Crippen LogP contribution in [0.15, 0.2) is 47.5 Å². The summed E-state index contributed by atoms with van der Waals surface area (Å²) >= 11 is 6.12. The summed E-state index contributed by atoms with van der Waals surface area (Å²) in [6, 6.07) is 14.0. The zero-order valence-corrected chi connectivity index (χ0v) is 22.0. The SMILES string of the molecule is CN=C(NCc1ccc(C)cc1OCC1CCOC1)NCC(OC)c1cccc(Cl)c1.I. The number of guanidine groups is 1. The van der Waals surface area contributed by atoms with Crippen LogP contribution < -0.4 is 15.4 Å². The van der Waals surface area contributed by atoms with Gasteiger partial charge in [0.15, 0.2) is 5.96 Å². The molecule has 6 nitrogen and oxygen atoms in total. The molecule has 2 aromatic carbocycles. The van der Waals surface area contributed by atoms with Crippen molar-refractivity contribution < 1.29 is 14.2 Å². The van der Waals surface area contributed by atoms with Crippen LogP contribution in [0.4, 0.5) is 0 Å². The monoisotopic (exact) mass is 573 g/mol. The summed E-state index contributed by atoms with van der Waals surface area (Å²) < 4.78 is 17.2. The highest BCUT2D eigenvalue weighted by Crippen LogP contribution is 2.23. The summed E-state index contributed by atoms with van der Waals surface area (Å²) in [5, 5.41) is 7.39. The van der Waals surface area contributed by atoms with Crippen molar-refractivity contribution >= 4 is 41.5 Å². The fraction of sp³-hybridized carbons (Fsp3) is 0.458. The van der Waals surface area contributed by atoms with Gasteiger partial charge in [-0.15, -0.1) is 24.0 Å². The molecule has 1 heterocycles. The first-order valence-electron chi connectivity index (χ1n) is 10.6. The summed E-state index contributed by atoms with van der Waals surface area (Å²) in [4.78, 5) is 4.33. The van der Waals surface area contributed by atoms with Gasteiger partial charge in [0.1, 0.15) is 5.75 Å². The van der Waals surface area contributed by atoms with Crippen LogP contribution in [0.1, 0.15) is 29.2 Å². The van der Waals surface area contributed by atoms with Gasteiger partial charge in [0, 0.05) is 50.4 Å². The topological polar surface area (TPSA) is 64.1 Å². The van der Waals surface area contributed by atoms with Crippen molar-refractivity contribution in [1.82, 2.24) is 10.6 Å². The van der Waals surface area contributed by atoms with Gasteiger partial charge in [-0.05, 0) is 42.7 Å². The molecule has 8 heteroatoms. The molecule has 176 valence electrons. The smallest absolute Gasteiger partial charge is 0.191 e. The Morgan fingerprint density at radius 1 is 1.25 bits per heavy atom. The molecular weight excluding hydrogens is 541 g/mol. The molecule has 2 aromatic rings. The standard InChI is InChI=1S/C24H32ClN3O3.HI/c1-17-7-8-20(22(11-17)31-16-18-9-10-30-15-18)13-27-24(26-2)28-14-23(29-3)19-5-4-6-21(25)12-19;/h4-8,11-12,18,23H,9-10,13-16H2,1-3H3,(H2,26,27,28);1H. The van der Waals surface area contributed by atoms with Gasteiger partial charge in [-0.2, -0.15) is 0 Å². The maximum atomic E-state index is 6.14. The van der Waals surface area contributed by atoms with E-state index in [9.17, 15) is 0 Å². The lowest BCUT2D eigenvalue weighted by Gasteiger charge is -2.20. The van der Waals surface area contributed by atoms with Gasteiger partial charge >= 0.3 is 0 Å². The highest BCUT2D eigenvalue weighted by Gasteiger charge is 2.17. The Balaban J connectivity index is 0.00000363. The lowest BCUT2D eigenvalue weighted by molar-refractivity contribution is 0.106. The van der Waals surface area contributed by atoms with Crippen molar-refractivity contribution in [2.45, 2.75) is 26.0 Å². The van der Waals surface area contributed by atoms with E-state index in [1.54, 1.807) is 14.2 Å². The van der Waals surface area contributed by atoms with Crippen LogP contribution in [0.3, 0.4) is 0 Å². The predicted octanol–water partition coefficient (Wildman–Crippen LogP) is 4.73. The lowest BCUT2D eigenvalue weighted by atomic mass is 10.1. The summed E-state index contributed by atoms with van der Waals surface area (Å²) in [6.45, 7) is 5.53. The number of ether oxygens (including phenoxy) is 3. The molecule has 0 spiro atoms. The number of aliphatic imine (C=N–C) groups is 1. The summed E-state index contributed by atoms with van der Waals surface area (Å²) in [6.07, 6.45) is 0.924. The van der Waals surface area contributed by atoms with E-state index in [4.69, 9.17) is 25.8 Å². The van der Waals surface area contributed by atoms with Gasteiger partial charge < -0.3 is 24.8 Å². The van der Waals surface area contributed by atoms with Crippen LogP contribution >= 0.6 is 35.6 Å². The Labute approximate surface area is 213 Å². The number of hydrogen-bond acceptors (Lipinski definition) is 4. The molecule has 1 fully saturated rings. The van der Waals surface area contributed by atoms with E-state index in [1.807, 2.05) is 24.3 Å². The maximum Gasteiger partial charge on any atom is 0.191 e. The molecule has 0 amide bonds. The van der Waals surface area contributed by atoms with Gasteiger partial charge in [-0.1, -0.05) is 35.9 Å². The van der Waals surface area contributed by atoms with Crippen molar-refractivity contribution in [3.05, 3.63) is 64.2 Å². The Kier molecular flexibility index (Phi) is 11.6. The number of rotatable bonds is 9. The molecule has 1 aliphatic heterocycles. The van der Waals surface area contributed by atoms with Gasteiger partial charge in [-0.3, -0.25) is 4.99 Å². The summed E-state index contributed by atoms with van der Waals surface area (Å²) in [7, 11) is 3.44. The molecule has 1 aliphatic rings. The molecule has 0 aromatic heterocycles. The largest absolute Gasteiger partial charge is 0.493 e. The van der Waals surface area contributed by atoms with Crippen molar-refractivity contribution in [3.8, 4) is 5.75 Å². The Morgan fingerprint density at radius 3 is 2.78 bits per heavy atom. The Morgan fingerprint density at radius 2 is 2.09 bits per heavy atom. The Bertz CT molecular complexity index is 875. The molecule has 32 heavy (non-hydrogen) atoms. The quantitative estimate of drug-likeness (QED) is 0.258.